The van der Waals surface area contributed by atoms with Crippen molar-refractivity contribution in [2.75, 3.05) is 20.8 Å². The second kappa shape index (κ2) is 12.7. The molecule has 3 aromatic rings. The molecule has 0 unspecified atom stereocenters. The van der Waals surface area contributed by atoms with Crippen LogP contribution in [0.15, 0.2) is 69.0 Å². The number of ether oxygens (including phenoxy) is 2. The van der Waals surface area contributed by atoms with E-state index in [-0.39, 0.29) is 23.7 Å². The first-order chi connectivity index (χ1) is 17.7. The Bertz CT molecular complexity index is 1370. The number of carbonyl (C=O) groups is 2. The normalized spacial score (nSPS) is 11.3. The van der Waals surface area contributed by atoms with Gasteiger partial charge in [0.2, 0.25) is 10.0 Å². The van der Waals surface area contributed by atoms with Crippen LogP contribution < -0.4 is 24.9 Å². The molecule has 0 radical (unpaired) electrons. The molecular weight excluding hydrogens is 500 g/mol. The minimum absolute atomic E-state index is 0.0706. The molecular formula is C25H28N4O7S. The summed E-state index contributed by atoms with van der Waals surface area (Å²) in [7, 11) is -0.617. The molecule has 0 fully saturated rings. The fourth-order valence-corrected chi connectivity index (χ4v) is 4.16. The summed E-state index contributed by atoms with van der Waals surface area (Å²) < 4.78 is 43.1. The van der Waals surface area contributed by atoms with Gasteiger partial charge in [0.1, 0.15) is 11.5 Å². The minimum atomic E-state index is -3.69. The molecule has 0 aliphatic heterocycles. The van der Waals surface area contributed by atoms with Gasteiger partial charge in [0, 0.05) is 6.54 Å². The molecule has 196 valence electrons. The molecule has 0 spiro atoms. The fraction of sp³-hybridized carbons (Fsp3) is 0.240. The van der Waals surface area contributed by atoms with Crippen molar-refractivity contribution in [3.63, 3.8) is 0 Å². The summed E-state index contributed by atoms with van der Waals surface area (Å²) in [5.41, 5.74) is 3.96. The predicted octanol–water partition coefficient (Wildman–Crippen LogP) is 1.89. The van der Waals surface area contributed by atoms with Crippen LogP contribution in [-0.4, -0.2) is 47.2 Å². The quantitative estimate of drug-likeness (QED) is 0.196. The first-order valence-corrected chi connectivity index (χ1v) is 12.7. The van der Waals surface area contributed by atoms with E-state index in [0.29, 0.717) is 23.7 Å². The molecule has 3 rings (SSSR count). The molecule has 0 aliphatic carbocycles. The van der Waals surface area contributed by atoms with E-state index in [1.165, 1.54) is 25.5 Å². The zero-order valence-electron chi connectivity index (χ0n) is 20.6. The molecule has 37 heavy (non-hydrogen) atoms. The molecule has 0 bridgehead atoms. The Morgan fingerprint density at radius 2 is 1.70 bits per heavy atom. The second-order valence-electron chi connectivity index (χ2n) is 7.84. The number of furan rings is 1. The van der Waals surface area contributed by atoms with Crippen molar-refractivity contribution >= 4 is 28.1 Å². The zero-order valence-corrected chi connectivity index (χ0v) is 21.4. The summed E-state index contributed by atoms with van der Waals surface area (Å²) in [5, 5.41) is 6.21. The number of amides is 2. The van der Waals surface area contributed by atoms with Gasteiger partial charge in [0.15, 0.2) is 11.5 Å². The number of hydrazone groups is 1. The van der Waals surface area contributed by atoms with Crippen LogP contribution in [0.4, 0.5) is 0 Å². The van der Waals surface area contributed by atoms with Crippen LogP contribution in [0.3, 0.4) is 0 Å². The lowest BCUT2D eigenvalue weighted by Crippen LogP contribution is -2.38. The summed E-state index contributed by atoms with van der Waals surface area (Å²) >= 11 is 0. The number of nitrogens with zero attached hydrogens (tertiary/aromatic N) is 1. The van der Waals surface area contributed by atoms with Crippen molar-refractivity contribution in [2.45, 2.75) is 24.8 Å². The highest BCUT2D eigenvalue weighted by Crippen LogP contribution is 2.27. The number of rotatable bonds is 11. The van der Waals surface area contributed by atoms with E-state index in [4.69, 9.17) is 13.9 Å². The van der Waals surface area contributed by atoms with Crippen molar-refractivity contribution < 1.29 is 31.9 Å². The lowest BCUT2D eigenvalue weighted by Gasteiger charge is -2.09. The highest BCUT2D eigenvalue weighted by molar-refractivity contribution is 7.89. The Hall–Kier alpha value is -4.16. The van der Waals surface area contributed by atoms with Gasteiger partial charge in [0.25, 0.3) is 0 Å². The summed E-state index contributed by atoms with van der Waals surface area (Å²) in [6.45, 7) is 2.02. The lowest BCUT2D eigenvalue weighted by molar-refractivity contribution is -0.139. The van der Waals surface area contributed by atoms with Gasteiger partial charge < -0.3 is 19.2 Å². The highest BCUT2D eigenvalue weighted by Gasteiger charge is 2.15. The molecule has 0 atom stereocenters. The third-order valence-corrected chi connectivity index (χ3v) is 6.58. The average molecular weight is 529 g/mol. The van der Waals surface area contributed by atoms with Gasteiger partial charge in [0.05, 0.1) is 31.9 Å². The number of hydrogen-bond acceptors (Lipinski definition) is 8. The Kier molecular flexibility index (Phi) is 9.41. The van der Waals surface area contributed by atoms with Crippen LogP contribution in [0.25, 0.3) is 0 Å². The minimum Gasteiger partial charge on any atom is -0.493 e. The van der Waals surface area contributed by atoms with Crippen LogP contribution >= 0.6 is 0 Å². The van der Waals surface area contributed by atoms with E-state index in [1.807, 2.05) is 13.0 Å². The monoisotopic (exact) mass is 528 g/mol. The van der Waals surface area contributed by atoms with Gasteiger partial charge in [-0.05, 0) is 55.3 Å². The smallest absolute Gasteiger partial charge is 0.329 e. The molecule has 1 heterocycles. The summed E-state index contributed by atoms with van der Waals surface area (Å²) in [5.74, 6) is -0.0116. The number of benzene rings is 2. The standard InChI is InChI=1S/C25H28N4O7S/c1-17-4-9-21(10-5-17)37(32,33)28-16-20-8-7-19(36-20)15-27-29-25(31)24(30)26-13-12-18-6-11-22(34-2)23(14-18)35-3/h4-11,14-15,28H,12-13,16H2,1-3H3,(H,26,30)(H,29,31)/b27-15+. The maximum Gasteiger partial charge on any atom is 0.329 e. The van der Waals surface area contributed by atoms with Crippen LogP contribution in [0, 0.1) is 6.92 Å². The van der Waals surface area contributed by atoms with E-state index < -0.39 is 21.8 Å². The zero-order chi connectivity index (χ0) is 26.8. The van der Waals surface area contributed by atoms with Crippen molar-refractivity contribution in [2.24, 2.45) is 5.10 Å². The van der Waals surface area contributed by atoms with Crippen molar-refractivity contribution in [1.29, 1.82) is 0 Å². The number of methoxy groups -OCH3 is 2. The molecule has 3 N–H and O–H groups in total. The van der Waals surface area contributed by atoms with E-state index in [1.54, 1.807) is 43.5 Å². The molecule has 11 nitrogen and oxygen atoms in total. The van der Waals surface area contributed by atoms with Gasteiger partial charge in [-0.3, -0.25) is 9.59 Å². The van der Waals surface area contributed by atoms with Crippen LogP contribution in [0.1, 0.15) is 22.6 Å². The van der Waals surface area contributed by atoms with Crippen molar-refractivity contribution in [1.82, 2.24) is 15.5 Å². The third-order valence-electron chi connectivity index (χ3n) is 5.16. The number of hydrogen-bond donors (Lipinski definition) is 3. The van der Waals surface area contributed by atoms with Gasteiger partial charge in [-0.2, -0.15) is 5.10 Å². The highest BCUT2D eigenvalue weighted by atomic mass is 32.2. The molecule has 12 heteroatoms. The SMILES string of the molecule is COc1ccc(CCNC(=O)C(=O)N/N=C/c2ccc(CNS(=O)(=O)c3ccc(C)cc3)o2)cc1OC. The molecule has 0 aliphatic rings. The number of sulfonamides is 1. The molecule has 2 amide bonds. The fourth-order valence-electron chi connectivity index (χ4n) is 3.17. The molecule has 0 saturated carbocycles. The Balaban J connectivity index is 1.42. The molecule has 1 aromatic heterocycles. The van der Waals surface area contributed by atoms with Crippen LogP contribution in [0.2, 0.25) is 0 Å². The maximum absolute atomic E-state index is 12.4. The average Bonchev–Trinajstić information content (AvgIpc) is 3.35. The summed E-state index contributed by atoms with van der Waals surface area (Å²) in [4.78, 5) is 24.1. The Morgan fingerprint density at radius 1 is 0.973 bits per heavy atom. The summed E-state index contributed by atoms with van der Waals surface area (Å²) in [6, 6.07) is 15.0. The number of nitrogens with one attached hydrogen (secondary N) is 3. The van der Waals surface area contributed by atoms with E-state index in [2.05, 4.69) is 20.6 Å². The Morgan fingerprint density at radius 3 is 2.41 bits per heavy atom. The van der Waals surface area contributed by atoms with Crippen LogP contribution in [0.5, 0.6) is 11.5 Å². The lowest BCUT2D eigenvalue weighted by atomic mass is 10.1. The van der Waals surface area contributed by atoms with E-state index >= 15 is 0 Å². The second-order valence-corrected chi connectivity index (χ2v) is 9.60. The van der Waals surface area contributed by atoms with Gasteiger partial charge in [-0.25, -0.2) is 18.6 Å². The van der Waals surface area contributed by atoms with Crippen LogP contribution in [-0.2, 0) is 32.6 Å². The molecule has 0 saturated heterocycles. The maximum atomic E-state index is 12.4. The third kappa shape index (κ3) is 7.92. The van der Waals surface area contributed by atoms with Crippen molar-refractivity contribution in [3.8, 4) is 11.5 Å². The van der Waals surface area contributed by atoms with E-state index in [0.717, 1.165) is 11.1 Å². The topological polar surface area (TPSA) is 148 Å². The first-order valence-electron chi connectivity index (χ1n) is 11.2. The van der Waals surface area contributed by atoms with Gasteiger partial charge in [-0.15, -0.1) is 0 Å². The van der Waals surface area contributed by atoms with Gasteiger partial charge in [-0.1, -0.05) is 23.8 Å². The largest absolute Gasteiger partial charge is 0.493 e. The van der Waals surface area contributed by atoms with Crippen molar-refractivity contribution in [3.05, 3.63) is 77.2 Å². The van der Waals surface area contributed by atoms with Gasteiger partial charge >= 0.3 is 11.8 Å². The molecule has 2 aromatic carbocycles. The number of aryl methyl sites for hydroxylation is 1. The summed E-state index contributed by atoms with van der Waals surface area (Å²) in [6.07, 6.45) is 1.68. The number of carbonyl (C=O) groups excluding carboxylic acids is 2. The predicted molar refractivity (Wildman–Crippen MR) is 136 cm³/mol. The first kappa shape index (κ1) is 27.4. The Labute approximate surface area is 214 Å². The van der Waals surface area contributed by atoms with E-state index in [9.17, 15) is 18.0 Å².